The predicted octanol–water partition coefficient (Wildman–Crippen LogP) is 3.52. The minimum Gasteiger partial charge on any atom is -0.445 e. The summed E-state index contributed by atoms with van der Waals surface area (Å²) in [5.41, 5.74) is 2.00. The van der Waals surface area contributed by atoms with Crippen molar-refractivity contribution in [3.8, 4) is 0 Å². The third kappa shape index (κ3) is 4.75. The van der Waals surface area contributed by atoms with Gasteiger partial charge in [-0.1, -0.05) is 83.3 Å². The SMILES string of the molecule is O=C(N[C@@H]1C[C@H](CI)N(Cc2ccccc2)C1=O)OCc1ccccc1. The van der Waals surface area contributed by atoms with Crippen LogP contribution < -0.4 is 5.32 Å². The van der Waals surface area contributed by atoms with E-state index in [1.807, 2.05) is 65.6 Å². The maximum absolute atomic E-state index is 12.7. The van der Waals surface area contributed by atoms with Crippen LogP contribution in [0, 0.1) is 0 Å². The fraction of sp³-hybridized carbons (Fsp3) is 0.300. The lowest BCUT2D eigenvalue weighted by molar-refractivity contribution is -0.130. The molecule has 0 saturated carbocycles. The molecule has 0 radical (unpaired) electrons. The van der Waals surface area contributed by atoms with Crippen molar-refractivity contribution >= 4 is 34.6 Å². The minimum atomic E-state index is -0.555. The maximum Gasteiger partial charge on any atom is 0.408 e. The van der Waals surface area contributed by atoms with Gasteiger partial charge in [0, 0.05) is 17.0 Å². The van der Waals surface area contributed by atoms with E-state index >= 15 is 0 Å². The molecule has 3 rings (SSSR count). The Morgan fingerprint density at radius 1 is 1.08 bits per heavy atom. The van der Waals surface area contributed by atoms with Crippen LogP contribution in [0.3, 0.4) is 0 Å². The maximum atomic E-state index is 12.7. The number of alkyl carbamates (subject to hydrolysis) is 1. The predicted molar refractivity (Wildman–Crippen MR) is 108 cm³/mol. The van der Waals surface area contributed by atoms with Gasteiger partial charge in [0.15, 0.2) is 0 Å². The Balaban J connectivity index is 1.56. The molecule has 0 aromatic heterocycles. The zero-order valence-corrected chi connectivity index (χ0v) is 16.5. The molecule has 2 aromatic carbocycles. The molecule has 26 heavy (non-hydrogen) atoms. The summed E-state index contributed by atoms with van der Waals surface area (Å²) in [6, 6.07) is 19.0. The molecule has 5 nitrogen and oxygen atoms in total. The average Bonchev–Trinajstić information content (AvgIpc) is 2.97. The second-order valence-electron chi connectivity index (χ2n) is 6.25. The molecule has 2 aromatic rings. The number of nitrogens with one attached hydrogen (secondary N) is 1. The minimum absolute atomic E-state index is 0.0489. The number of likely N-dealkylation sites (tertiary alicyclic amines) is 1. The van der Waals surface area contributed by atoms with Gasteiger partial charge in [0.2, 0.25) is 5.91 Å². The highest BCUT2D eigenvalue weighted by atomic mass is 127. The second kappa shape index (κ2) is 9.02. The van der Waals surface area contributed by atoms with Gasteiger partial charge in [-0.25, -0.2) is 4.79 Å². The van der Waals surface area contributed by atoms with Gasteiger partial charge in [0.1, 0.15) is 12.6 Å². The van der Waals surface area contributed by atoms with Crippen molar-refractivity contribution in [2.75, 3.05) is 4.43 Å². The lowest BCUT2D eigenvalue weighted by Crippen LogP contribution is -2.42. The van der Waals surface area contributed by atoms with Gasteiger partial charge < -0.3 is 15.0 Å². The molecule has 0 bridgehead atoms. The molecule has 1 saturated heterocycles. The monoisotopic (exact) mass is 464 g/mol. The molecule has 1 aliphatic rings. The first-order chi connectivity index (χ1) is 12.7. The summed E-state index contributed by atoms with van der Waals surface area (Å²) in [4.78, 5) is 26.7. The zero-order chi connectivity index (χ0) is 18.4. The third-order valence-electron chi connectivity index (χ3n) is 4.41. The van der Waals surface area contributed by atoms with Gasteiger partial charge in [0.05, 0.1) is 0 Å². The lowest BCUT2D eigenvalue weighted by Gasteiger charge is -2.23. The fourth-order valence-corrected chi connectivity index (χ4v) is 3.88. The van der Waals surface area contributed by atoms with Crippen molar-refractivity contribution in [1.29, 1.82) is 0 Å². The quantitative estimate of drug-likeness (QED) is 0.526. The van der Waals surface area contributed by atoms with Crippen LogP contribution in [0.5, 0.6) is 0 Å². The van der Waals surface area contributed by atoms with Crippen LogP contribution in [-0.4, -0.2) is 33.4 Å². The number of carbonyl (C=O) groups is 2. The Morgan fingerprint density at radius 3 is 2.31 bits per heavy atom. The van der Waals surface area contributed by atoms with Crippen LogP contribution in [0.2, 0.25) is 0 Å². The Bertz CT molecular complexity index is 739. The Hall–Kier alpha value is -2.09. The summed E-state index contributed by atoms with van der Waals surface area (Å²) in [5.74, 6) is -0.0489. The molecule has 1 N–H and O–H groups in total. The van der Waals surface area contributed by atoms with Gasteiger partial charge in [-0.05, 0) is 17.5 Å². The largest absolute Gasteiger partial charge is 0.445 e. The van der Waals surface area contributed by atoms with E-state index in [9.17, 15) is 9.59 Å². The Morgan fingerprint density at radius 2 is 1.69 bits per heavy atom. The van der Waals surface area contributed by atoms with E-state index in [1.165, 1.54) is 0 Å². The van der Waals surface area contributed by atoms with E-state index in [4.69, 9.17) is 4.74 Å². The molecular weight excluding hydrogens is 443 g/mol. The van der Waals surface area contributed by atoms with Crippen molar-refractivity contribution in [2.24, 2.45) is 0 Å². The summed E-state index contributed by atoms with van der Waals surface area (Å²) in [5, 5.41) is 2.72. The molecule has 6 heteroatoms. The van der Waals surface area contributed by atoms with Gasteiger partial charge in [-0.3, -0.25) is 4.79 Å². The van der Waals surface area contributed by atoms with Crippen LogP contribution in [0.1, 0.15) is 17.5 Å². The molecule has 1 heterocycles. The number of alkyl halides is 1. The zero-order valence-electron chi connectivity index (χ0n) is 14.3. The summed E-state index contributed by atoms with van der Waals surface area (Å²) < 4.78 is 6.07. The average molecular weight is 464 g/mol. The van der Waals surface area contributed by atoms with E-state index < -0.39 is 12.1 Å². The molecule has 2 amide bonds. The van der Waals surface area contributed by atoms with Crippen LogP contribution >= 0.6 is 22.6 Å². The molecule has 0 spiro atoms. The summed E-state index contributed by atoms with van der Waals surface area (Å²) >= 11 is 2.29. The standard InChI is InChI=1S/C20H21IN2O3/c21-12-17-11-18(19(24)23(17)13-15-7-3-1-4-8-15)22-20(25)26-14-16-9-5-2-6-10-16/h1-10,17-18H,11-14H2,(H,22,25)/t17-,18-/m1/s1. The highest BCUT2D eigenvalue weighted by molar-refractivity contribution is 14.1. The van der Waals surface area contributed by atoms with Crippen molar-refractivity contribution in [3.05, 3.63) is 71.8 Å². The fourth-order valence-electron chi connectivity index (χ4n) is 3.04. The molecule has 1 fully saturated rings. The van der Waals surface area contributed by atoms with E-state index in [2.05, 4.69) is 27.9 Å². The molecule has 0 aliphatic carbocycles. The van der Waals surface area contributed by atoms with Crippen molar-refractivity contribution in [1.82, 2.24) is 10.2 Å². The lowest BCUT2D eigenvalue weighted by atomic mass is 10.2. The number of nitrogens with zero attached hydrogens (tertiary/aromatic N) is 1. The second-order valence-corrected chi connectivity index (χ2v) is 7.14. The van der Waals surface area contributed by atoms with Crippen molar-refractivity contribution in [3.63, 3.8) is 0 Å². The van der Waals surface area contributed by atoms with Crippen LogP contribution in [-0.2, 0) is 22.7 Å². The van der Waals surface area contributed by atoms with Crippen molar-refractivity contribution in [2.45, 2.75) is 31.7 Å². The number of ether oxygens (including phenoxy) is 1. The number of amides is 2. The number of rotatable bonds is 6. The number of hydrogen-bond donors (Lipinski definition) is 1. The van der Waals surface area contributed by atoms with Crippen molar-refractivity contribution < 1.29 is 14.3 Å². The molecule has 136 valence electrons. The first-order valence-corrected chi connectivity index (χ1v) is 10.1. The van der Waals surface area contributed by atoms with E-state index in [0.29, 0.717) is 13.0 Å². The summed E-state index contributed by atoms with van der Waals surface area (Å²) in [7, 11) is 0. The number of halogens is 1. The smallest absolute Gasteiger partial charge is 0.408 e. The van der Waals surface area contributed by atoms with Gasteiger partial charge in [-0.2, -0.15) is 0 Å². The van der Waals surface area contributed by atoms with Gasteiger partial charge in [0.25, 0.3) is 0 Å². The highest BCUT2D eigenvalue weighted by Gasteiger charge is 2.39. The molecule has 0 unspecified atom stereocenters. The van der Waals surface area contributed by atoms with Gasteiger partial charge in [-0.15, -0.1) is 0 Å². The van der Waals surface area contributed by atoms with E-state index in [-0.39, 0.29) is 18.6 Å². The van der Waals surface area contributed by atoms with Crippen LogP contribution in [0.4, 0.5) is 4.79 Å². The number of hydrogen-bond acceptors (Lipinski definition) is 3. The normalized spacial score (nSPS) is 19.4. The van der Waals surface area contributed by atoms with E-state index in [1.54, 1.807) is 0 Å². The van der Waals surface area contributed by atoms with Gasteiger partial charge >= 0.3 is 6.09 Å². The topological polar surface area (TPSA) is 58.6 Å². The first-order valence-electron chi connectivity index (χ1n) is 8.55. The van der Waals surface area contributed by atoms with E-state index in [0.717, 1.165) is 15.6 Å². The number of carbonyl (C=O) groups excluding carboxylic acids is 2. The number of benzene rings is 2. The van der Waals surface area contributed by atoms with Crippen LogP contribution in [0.25, 0.3) is 0 Å². The third-order valence-corrected chi connectivity index (χ3v) is 5.43. The highest BCUT2D eigenvalue weighted by Crippen LogP contribution is 2.24. The summed E-state index contributed by atoms with van der Waals surface area (Å²) in [6.45, 7) is 0.752. The molecular formula is C20H21IN2O3. The van der Waals surface area contributed by atoms with Crippen LogP contribution in [0.15, 0.2) is 60.7 Å². The Labute approximate surface area is 166 Å². The molecule has 1 aliphatic heterocycles. The molecule has 2 atom stereocenters. The first kappa shape index (κ1) is 18.7. The summed E-state index contributed by atoms with van der Waals surface area (Å²) in [6.07, 6.45) is 0.0515. The Kier molecular flexibility index (Phi) is 6.49.